The zero-order valence-electron chi connectivity index (χ0n) is 9.15. The number of benzene rings is 1. The first-order valence-corrected chi connectivity index (χ1v) is 5.78. The van der Waals surface area contributed by atoms with Gasteiger partial charge in [-0.25, -0.2) is 5.43 Å². The maximum absolute atomic E-state index is 9.33. The van der Waals surface area contributed by atoms with Crippen LogP contribution >= 0.6 is 23.2 Å². The summed E-state index contributed by atoms with van der Waals surface area (Å²) in [7, 11) is 1.80. The third kappa shape index (κ3) is 3.26. The lowest BCUT2D eigenvalue weighted by molar-refractivity contribution is 0.127. The normalized spacial score (nSPS) is 19.4. The van der Waals surface area contributed by atoms with Gasteiger partial charge in [0.05, 0.1) is 5.70 Å². The first kappa shape index (κ1) is 12.5. The molecule has 0 amide bonds. The molecule has 2 N–H and O–H groups in total. The summed E-state index contributed by atoms with van der Waals surface area (Å²) in [5.74, 6) is 0.596. The Morgan fingerprint density at radius 1 is 1.35 bits per heavy atom. The van der Waals surface area contributed by atoms with Crippen LogP contribution in [0.25, 0.3) is 0 Å². The third-order valence-electron chi connectivity index (χ3n) is 2.33. The largest absolute Gasteiger partial charge is 0.487 e. The molecule has 0 aromatic heterocycles. The first-order valence-electron chi connectivity index (χ1n) is 5.02. The van der Waals surface area contributed by atoms with E-state index >= 15 is 0 Å². The van der Waals surface area contributed by atoms with Gasteiger partial charge in [-0.1, -0.05) is 23.2 Å². The number of hydrazine groups is 1. The second-order valence-electron chi connectivity index (χ2n) is 3.68. The lowest BCUT2D eigenvalue weighted by Gasteiger charge is -2.17. The van der Waals surface area contributed by atoms with Crippen LogP contribution in [-0.2, 0) is 0 Å². The van der Waals surface area contributed by atoms with Gasteiger partial charge in [0.1, 0.15) is 18.6 Å². The number of hydrogen-bond donors (Lipinski definition) is 2. The number of nitrogens with zero attached hydrogens (tertiary/aromatic N) is 1. The van der Waals surface area contributed by atoms with Gasteiger partial charge in [0, 0.05) is 17.1 Å². The molecule has 1 aromatic carbocycles. The monoisotopic (exact) mass is 274 g/mol. The topological polar surface area (TPSA) is 44.7 Å². The molecule has 1 unspecified atom stereocenters. The Labute approximate surface area is 109 Å². The van der Waals surface area contributed by atoms with Crippen molar-refractivity contribution in [2.45, 2.75) is 6.23 Å². The number of nitrogens with one attached hydrogen (secondary N) is 1. The van der Waals surface area contributed by atoms with Crippen molar-refractivity contribution in [2.75, 3.05) is 13.7 Å². The van der Waals surface area contributed by atoms with Crippen LogP contribution in [0.15, 0.2) is 30.0 Å². The van der Waals surface area contributed by atoms with Crippen molar-refractivity contribution in [3.63, 3.8) is 0 Å². The molecule has 0 fully saturated rings. The Hall–Kier alpha value is -0.940. The fourth-order valence-corrected chi connectivity index (χ4v) is 2.03. The van der Waals surface area contributed by atoms with Crippen LogP contribution < -0.4 is 10.2 Å². The van der Waals surface area contributed by atoms with E-state index < -0.39 is 6.23 Å². The molecule has 0 bridgehead atoms. The fraction of sp³-hybridized carbons (Fsp3) is 0.273. The molecule has 0 spiro atoms. The maximum atomic E-state index is 9.33. The van der Waals surface area contributed by atoms with Gasteiger partial charge in [-0.05, 0) is 24.3 Å². The smallest absolute Gasteiger partial charge is 0.142 e. The second kappa shape index (κ2) is 5.14. The highest BCUT2D eigenvalue weighted by Crippen LogP contribution is 2.24. The molecule has 92 valence electrons. The van der Waals surface area contributed by atoms with Crippen molar-refractivity contribution in [1.29, 1.82) is 0 Å². The Kier molecular flexibility index (Phi) is 3.79. The van der Waals surface area contributed by atoms with Gasteiger partial charge >= 0.3 is 0 Å². The van der Waals surface area contributed by atoms with E-state index in [9.17, 15) is 5.11 Å². The van der Waals surface area contributed by atoms with E-state index in [0.29, 0.717) is 22.4 Å². The van der Waals surface area contributed by atoms with Crippen LogP contribution in [0.5, 0.6) is 5.75 Å². The zero-order valence-corrected chi connectivity index (χ0v) is 10.7. The molecule has 0 aliphatic carbocycles. The minimum absolute atomic E-state index is 0.331. The van der Waals surface area contributed by atoms with E-state index in [4.69, 9.17) is 27.9 Å². The highest BCUT2D eigenvalue weighted by atomic mass is 35.5. The summed E-state index contributed by atoms with van der Waals surface area (Å²) in [5, 5.41) is 12.1. The van der Waals surface area contributed by atoms with Crippen molar-refractivity contribution in [3.05, 3.63) is 40.0 Å². The van der Waals surface area contributed by atoms with Crippen molar-refractivity contribution in [3.8, 4) is 5.75 Å². The number of ether oxygens (including phenoxy) is 1. The molecule has 1 heterocycles. The molecule has 1 atom stereocenters. The van der Waals surface area contributed by atoms with Gasteiger partial charge in [-0.15, -0.1) is 0 Å². The maximum Gasteiger partial charge on any atom is 0.142 e. The molecule has 1 aromatic rings. The van der Waals surface area contributed by atoms with E-state index in [1.807, 2.05) is 0 Å². The van der Waals surface area contributed by atoms with Gasteiger partial charge < -0.3 is 14.9 Å². The molecule has 0 radical (unpaired) electrons. The average molecular weight is 275 g/mol. The fourth-order valence-electron chi connectivity index (χ4n) is 1.53. The molecule has 1 aliphatic rings. The Morgan fingerprint density at radius 2 is 2.00 bits per heavy atom. The minimum Gasteiger partial charge on any atom is -0.487 e. The van der Waals surface area contributed by atoms with E-state index in [1.54, 1.807) is 36.3 Å². The predicted octanol–water partition coefficient (Wildman–Crippen LogP) is 2.02. The number of aliphatic hydroxyl groups excluding tert-OH is 1. The molecule has 17 heavy (non-hydrogen) atoms. The summed E-state index contributed by atoms with van der Waals surface area (Å²) in [5.41, 5.74) is 3.63. The molecule has 2 rings (SSSR count). The summed E-state index contributed by atoms with van der Waals surface area (Å²) in [6.07, 6.45) is 1.01. The predicted molar refractivity (Wildman–Crippen MR) is 66.9 cm³/mol. The van der Waals surface area contributed by atoms with E-state index in [2.05, 4.69) is 5.43 Å². The van der Waals surface area contributed by atoms with Gasteiger partial charge in [0.2, 0.25) is 0 Å². The van der Waals surface area contributed by atoms with Gasteiger partial charge in [-0.2, -0.15) is 0 Å². The zero-order chi connectivity index (χ0) is 12.4. The van der Waals surface area contributed by atoms with Crippen LogP contribution in [0.4, 0.5) is 0 Å². The van der Waals surface area contributed by atoms with E-state index in [0.717, 1.165) is 5.70 Å². The van der Waals surface area contributed by atoms with E-state index in [-0.39, 0.29) is 0 Å². The summed E-state index contributed by atoms with van der Waals surface area (Å²) in [4.78, 5) is 0. The van der Waals surface area contributed by atoms with Crippen molar-refractivity contribution >= 4 is 23.2 Å². The summed E-state index contributed by atoms with van der Waals surface area (Å²) in [6.45, 7) is 0.331. The van der Waals surface area contributed by atoms with Crippen molar-refractivity contribution in [2.24, 2.45) is 0 Å². The molecule has 0 saturated carbocycles. The van der Waals surface area contributed by atoms with Crippen LogP contribution in [0.2, 0.25) is 10.0 Å². The highest BCUT2D eigenvalue weighted by Gasteiger charge is 2.17. The van der Waals surface area contributed by atoms with Crippen LogP contribution in [0, 0.1) is 0 Å². The van der Waals surface area contributed by atoms with Crippen LogP contribution in [0.3, 0.4) is 0 Å². The lowest BCUT2D eigenvalue weighted by Crippen LogP contribution is -2.34. The number of likely N-dealkylation sites (N-methyl/N-ethyl adjacent to an activating group) is 1. The quantitative estimate of drug-likeness (QED) is 0.886. The Morgan fingerprint density at radius 3 is 2.53 bits per heavy atom. The minimum atomic E-state index is -0.665. The summed E-state index contributed by atoms with van der Waals surface area (Å²) >= 11 is 11.7. The second-order valence-corrected chi connectivity index (χ2v) is 4.56. The number of hydrogen-bond acceptors (Lipinski definition) is 4. The molecule has 0 saturated heterocycles. The summed E-state index contributed by atoms with van der Waals surface area (Å²) in [6, 6.07) is 5.02. The Balaban J connectivity index is 2.00. The number of rotatable bonds is 3. The molecular weight excluding hydrogens is 263 g/mol. The van der Waals surface area contributed by atoms with Gasteiger partial charge in [0.25, 0.3) is 0 Å². The molecular formula is C11H12Cl2N2O2. The van der Waals surface area contributed by atoms with Gasteiger partial charge in [-0.3, -0.25) is 0 Å². The Bertz CT molecular complexity index is 431. The highest BCUT2D eigenvalue weighted by molar-refractivity contribution is 6.34. The standard InChI is InChI=1S/C11H12Cl2N2O2/c1-15-9(5-11(16)14-15)6-17-10-3-7(12)2-8(13)4-10/h2-5,11,14,16H,6H2,1H3. The average Bonchev–Trinajstić information content (AvgIpc) is 2.53. The number of halogens is 2. The van der Waals surface area contributed by atoms with Gasteiger partial charge in [0.15, 0.2) is 0 Å². The number of aliphatic hydroxyl groups is 1. The van der Waals surface area contributed by atoms with Crippen LogP contribution in [0.1, 0.15) is 0 Å². The van der Waals surface area contributed by atoms with E-state index in [1.165, 1.54) is 0 Å². The summed E-state index contributed by atoms with van der Waals surface area (Å²) < 4.78 is 5.54. The van der Waals surface area contributed by atoms with Crippen LogP contribution in [-0.4, -0.2) is 30.0 Å². The SMILES string of the molecule is CN1NC(O)C=C1COc1cc(Cl)cc(Cl)c1. The third-order valence-corrected chi connectivity index (χ3v) is 2.77. The lowest BCUT2D eigenvalue weighted by atomic mass is 10.3. The molecule has 6 heteroatoms. The first-order chi connectivity index (χ1) is 8.04. The molecule has 4 nitrogen and oxygen atoms in total. The molecule has 1 aliphatic heterocycles. The van der Waals surface area contributed by atoms with Crippen molar-refractivity contribution in [1.82, 2.24) is 10.4 Å². The van der Waals surface area contributed by atoms with Crippen molar-refractivity contribution < 1.29 is 9.84 Å².